The highest BCUT2D eigenvalue weighted by atomic mass is 35.5. The summed E-state index contributed by atoms with van der Waals surface area (Å²) in [5, 5.41) is 14.0. The molecule has 0 bridgehead atoms. The Hall–Kier alpha value is -2.57. The van der Waals surface area contributed by atoms with Crippen LogP contribution in [0.15, 0.2) is 42.5 Å². The summed E-state index contributed by atoms with van der Waals surface area (Å²) in [4.78, 5) is 22.2. The van der Waals surface area contributed by atoms with E-state index in [1.54, 1.807) is 18.2 Å². The quantitative estimate of drug-likeness (QED) is 0.477. The minimum Gasteiger partial charge on any atom is -0.496 e. The second-order valence-electron chi connectivity index (χ2n) is 4.63. The van der Waals surface area contributed by atoms with Crippen LogP contribution in [0.3, 0.4) is 0 Å². The van der Waals surface area contributed by atoms with Crippen LogP contribution in [0.1, 0.15) is 5.56 Å². The molecule has 1 N–H and O–H groups in total. The van der Waals surface area contributed by atoms with Crippen molar-refractivity contribution in [2.75, 3.05) is 12.4 Å². The van der Waals surface area contributed by atoms with Crippen LogP contribution >= 0.6 is 23.2 Å². The van der Waals surface area contributed by atoms with Crippen LogP contribution in [0.2, 0.25) is 10.0 Å². The van der Waals surface area contributed by atoms with E-state index in [0.29, 0.717) is 16.3 Å². The number of nitro benzene ring substituents is 1. The number of anilines is 1. The molecule has 0 radical (unpaired) electrons. The van der Waals surface area contributed by atoms with E-state index in [-0.39, 0.29) is 16.4 Å². The molecule has 0 atom stereocenters. The fourth-order valence-electron chi connectivity index (χ4n) is 1.90. The summed E-state index contributed by atoms with van der Waals surface area (Å²) in [6.07, 6.45) is 2.77. The van der Waals surface area contributed by atoms with E-state index >= 15 is 0 Å². The van der Waals surface area contributed by atoms with Gasteiger partial charge in [0.15, 0.2) is 0 Å². The van der Waals surface area contributed by atoms with Crippen LogP contribution < -0.4 is 10.1 Å². The minimum atomic E-state index is -0.571. The first-order valence-electron chi connectivity index (χ1n) is 6.67. The average molecular weight is 367 g/mol. The van der Waals surface area contributed by atoms with Gasteiger partial charge < -0.3 is 10.1 Å². The van der Waals surface area contributed by atoms with E-state index in [9.17, 15) is 14.9 Å². The van der Waals surface area contributed by atoms with Gasteiger partial charge in [-0.3, -0.25) is 14.9 Å². The van der Waals surface area contributed by atoms with Crippen LogP contribution in [0, 0.1) is 10.1 Å². The van der Waals surface area contributed by atoms with Crippen molar-refractivity contribution >= 4 is 46.6 Å². The van der Waals surface area contributed by atoms with Crippen molar-refractivity contribution in [3.8, 4) is 5.75 Å². The molecule has 24 heavy (non-hydrogen) atoms. The molecule has 0 saturated heterocycles. The number of hydrogen-bond acceptors (Lipinski definition) is 4. The standard InChI is InChI=1S/C16H12Cl2N2O4/c1-24-15-6-3-11(17)8-10(15)2-7-16(21)19-14-9-12(20(22)23)4-5-13(14)18/h2-9H,1H3,(H,19,21)/b7-2+. The van der Waals surface area contributed by atoms with Gasteiger partial charge in [-0.1, -0.05) is 23.2 Å². The molecule has 0 aliphatic heterocycles. The first kappa shape index (κ1) is 17.8. The molecular weight excluding hydrogens is 355 g/mol. The molecule has 6 nitrogen and oxygen atoms in total. The molecule has 0 spiro atoms. The van der Waals surface area contributed by atoms with Gasteiger partial charge in [0, 0.05) is 28.8 Å². The molecule has 2 aromatic rings. The Bertz CT molecular complexity index is 822. The summed E-state index contributed by atoms with van der Waals surface area (Å²) in [6.45, 7) is 0. The number of carbonyl (C=O) groups is 1. The largest absolute Gasteiger partial charge is 0.496 e. The van der Waals surface area contributed by atoms with Gasteiger partial charge in [0.25, 0.3) is 5.69 Å². The molecule has 0 unspecified atom stereocenters. The van der Waals surface area contributed by atoms with Gasteiger partial charge in [-0.05, 0) is 30.3 Å². The lowest BCUT2D eigenvalue weighted by atomic mass is 10.2. The van der Waals surface area contributed by atoms with E-state index in [2.05, 4.69) is 5.32 Å². The number of benzene rings is 2. The molecule has 0 aliphatic rings. The molecule has 1 amide bonds. The van der Waals surface area contributed by atoms with Crippen molar-refractivity contribution in [3.05, 3.63) is 68.2 Å². The molecule has 2 aromatic carbocycles. The number of ether oxygens (including phenoxy) is 1. The third-order valence-electron chi connectivity index (χ3n) is 3.02. The Morgan fingerprint density at radius 1 is 1.25 bits per heavy atom. The number of carbonyl (C=O) groups excluding carboxylic acids is 1. The second kappa shape index (κ2) is 7.81. The Labute approximate surface area is 147 Å². The van der Waals surface area contributed by atoms with Crippen molar-refractivity contribution in [1.29, 1.82) is 0 Å². The zero-order valence-electron chi connectivity index (χ0n) is 12.5. The van der Waals surface area contributed by atoms with E-state index in [4.69, 9.17) is 27.9 Å². The van der Waals surface area contributed by atoms with Crippen LogP contribution in [0.25, 0.3) is 6.08 Å². The maximum Gasteiger partial charge on any atom is 0.271 e. The molecule has 0 heterocycles. The van der Waals surface area contributed by atoms with E-state index < -0.39 is 10.8 Å². The average Bonchev–Trinajstić information content (AvgIpc) is 2.55. The number of non-ortho nitro benzene ring substituents is 1. The maximum absolute atomic E-state index is 12.0. The lowest BCUT2D eigenvalue weighted by Gasteiger charge is -2.06. The predicted octanol–water partition coefficient (Wildman–Crippen LogP) is 4.56. The maximum atomic E-state index is 12.0. The van der Waals surface area contributed by atoms with Crippen LogP contribution in [-0.4, -0.2) is 17.9 Å². The van der Waals surface area contributed by atoms with Gasteiger partial charge in [0.2, 0.25) is 5.91 Å². The number of nitro groups is 1. The van der Waals surface area contributed by atoms with Crippen molar-refractivity contribution in [1.82, 2.24) is 0 Å². The Morgan fingerprint density at radius 2 is 2.00 bits per heavy atom. The Balaban J connectivity index is 2.18. The molecule has 0 saturated carbocycles. The van der Waals surface area contributed by atoms with Crippen molar-refractivity contribution in [3.63, 3.8) is 0 Å². The van der Waals surface area contributed by atoms with Crippen molar-refractivity contribution < 1.29 is 14.5 Å². The normalized spacial score (nSPS) is 10.6. The fraction of sp³-hybridized carbons (Fsp3) is 0.0625. The summed E-state index contributed by atoms with van der Waals surface area (Å²) in [6, 6.07) is 8.78. The first-order valence-corrected chi connectivity index (χ1v) is 7.43. The summed E-state index contributed by atoms with van der Waals surface area (Å²) < 4.78 is 5.17. The number of methoxy groups -OCH3 is 1. The lowest BCUT2D eigenvalue weighted by molar-refractivity contribution is -0.384. The van der Waals surface area contributed by atoms with Gasteiger partial charge in [-0.25, -0.2) is 0 Å². The number of amides is 1. The molecule has 2 rings (SSSR count). The summed E-state index contributed by atoms with van der Waals surface area (Å²) in [7, 11) is 1.50. The van der Waals surface area contributed by atoms with Gasteiger partial charge in [0.1, 0.15) is 5.75 Å². The number of hydrogen-bond donors (Lipinski definition) is 1. The van der Waals surface area contributed by atoms with E-state index in [1.807, 2.05) is 0 Å². The zero-order valence-corrected chi connectivity index (χ0v) is 14.0. The van der Waals surface area contributed by atoms with E-state index in [1.165, 1.54) is 37.5 Å². The number of nitrogens with one attached hydrogen (secondary N) is 1. The van der Waals surface area contributed by atoms with E-state index in [0.717, 1.165) is 0 Å². The molecule has 0 aliphatic carbocycles. The molecule has 0 fully saturated rings. The zero-order chi connectivity index (χ0) is 17.7. The van der Waals surface area contributed by atoms with Crippen LogP contribution in [0.5, 0.6) is 5.75 Å². The number of halogens is 2. The van der Waals surface area contributed by atoms with Gasteiger partial charge >= 0.3 is 0 Å². The highest BCUT2D eigenvalue weighted by molar-refractivity contribution is 6.34. The summed E-state index contributed by atoms with van der Waals surface area (Å²) in [5.41, 5.74) is 0.596. The first-order chi connectivity index (χ1) is 11.4. The SMILES string of the molecule is COc1ccc(Cl)cc1/C=C/C(=O)Nc1cc([N+](=O)[O-])ccc1Cl. The van der Waals surface area contributed by atoms with Gasteiger partial charge in [-0.2, -0.15) is 0 Å². The highest BCUT2D eigenvalue weighted by Gasteiger charge is 2.11. The number of nitrogens with zero attached hydrogens (tertiary/aromatic N) is 1. The third kappa shape index (κ3) is 4.47. The predicted molar refractivity (Wildman–Crippen MR) is 93.8 cm³/mol. The topological polar surface area (TPSA) is 81.5 Å². The third-order valence-corrected chi connectivity index (χ3v) is 3.59. The van der Waals surface area contributed by atoms with Gasteiger partial charge in [-0.15, -0.1) is 0 Å². The highest BCUT2D eigenvalue weighted by Crippen LogP contribution is 2.27. The number of rotatable bonds is 5. The summed E-state index contributed by atoms with van der Waals surface area (Å²) >= 11 is 11.8. The molecule has 0 aromatic heterocycles. The second-order valence-corrected chi connectivity index (χ2v) is 5.47. The molecule has 8 heteroatoms. The smallest absolute Gasteiger partial charge is 0.271 e. The van der Waals surface area contributed by atoms with Crippen molar-refractivity contribution in [2.45, 2.75) is 0 Å². The molecular formula is C16H12Cl2N2O4. The van der Waals surface area contributed by atoms with Gasteiger partial charge in [0.05, 0.1) is 22.7 Å². The molecule has 124 valence electrons. The lowest BCUT2D eigenvalue weighted by Crippen LogP contribution is -2.08. The Kier molecular flexibility index (Phi) is 5.78. The van der Waals surface area contributed by atoms with Crippen molar-refractivity contribution in [2.24, 2.45) is 0 Å². The summed E-state index contributed by atoms with van der Waals surface area (Å²) in [5.74, 6) is 0.0521. The minimum absolute atomic E-state index is 0.151. The fourth-order valence-corrected chi connectivity index (χ4v) is 2.24. The monoisotopic (exact) mass is 366 g/mol. The van der Waals surface area contributed by atoms with Crippen LogP contribution in [-0.2, 0) is 4.79 Å². The Morgan fingerprint density at radius 3 is 2.67 bits per heavy atom. The van der Waals surface area contributed by atoms with Crippen LogP contribution in [0.4, 0.5) is 11.4 Å².